The second-order valence-corrected chi connectivity index (χ2v) is 7.71. The van der Waals surface area contributed by atoms with Crippen LogP contribution in [0.5, 0.6) is 11.5 Å². The largest absolute Gasteiger partial charge is 0.457 e. The van der Waals surface area contributed by atoms with Gasteiger partial charge in [-0.05, 0) is 42.8 Å². The van der Waals surface area contributed by atoms with Crippen LogP contribution in [0.3, 0.4) is 0 Å². The summed E-state index contributed by atoms with van der Waals surface area (Å²) >= 11 is 0. The van der Waals surface area contributed by atoms with Crippen molar-refractivity contribution >= 4 is 18.5 Å². The van der Waals surface area contributed by atoms with Crippen molar-refractivity contribution in [2.24, 2.45) is 5.92 Å². The Morgan fingerprint density at radius 3 is 2.43 bits per heavy atom. The molecule has 2 aliphatic heterocycles. The van der Waals surface area contributed by atoms with Gasteiger partial charge in [-0.25, -0.2) is 4.68 Å². The molecule has 1 unspecified atom stereocenters. The summed E-state index contributed by atoms with van der Waals surface area (Å²) in [4.78, 5) is 24.6. The Kier molecular flexibility index (Phi) is 4.71. The number of likely N-dealkylation sites (tertiary alicyclic amines) is 1. The average Bonchev–Trinajstić information content (AvgIpc) is 3.14. The zero-order valence-electron chi connectivity index (χ0n) is 16.4. The standard InChI is InChI=1S/C23H22N4O3/c28-14-20-22(16-6-8-19(9-7-16)30-18-4-2-1-3-5-18)25-27-21(10-11-24-23(20)27)17-12-26(13-17)15-29/h1-9,14-15,17,21,24H,10-13H2. The van der Waals surface area contributed by atoms with E-state index in [4.69, 9.17) is 9.84 Å². The Bertz CT molecular complexity index is 1060. The molecular formula is C23H22N4O3. The van der Waals surface area contributed by atoms with Gasteiger partial charge in [-0.15, -0.1) is 0 Å². The summed E-state index contributed by atoms with van der Waals surface area (Å²) in [7, 11) is 0. The summed E-state index contributed by atoms with van der Waals surface area (Å²) in [5.41, 5.74) is 2.10. The lowest BCUT2D eigenvalue weighted by molar-refractivity contribution is -0.125. The van der Waals surface area contributed by atoms with Crippen molar-refractivity contribution in [3.63, 3.8) is 0 Å². The van der Waals surface area contributed by atoms with Gasteiger partial charge in [0.2, 0.25) is 6.41 Å². The van der Waals surface area contributed by atoms with E-state index in [1.807, 2.05) is 59.3 Å². The van der Waals surface area contributed by atoms with Crippen molar-refractivity contribution < 1.29 is 14.3 Å². The third-order valence-corrected chi connectivity index (χ3v) is 5.85. The molecule has 1 N–H and O–H groups in total. The second-order valence-electron chi connectivity index (χ2n) is 7.71. The molecule has 2 aliphatic rings. The lowest BCUT2D eigenvalue weighted by atomic mass is 9.89. The van der Waals surface area contributed by atoms with Crippen LogP contribution >= 0.6 is 0 Å². The number of rotatable bonds is 6. The van der Waals surface area contributed by atoms with Gasteiger partial charge in [-0.1, -0.05) is 18.2 Å². The van der Waals surface area contributed by atoms with Gasteiger partial charge in [-0.2, -0.15) is 5.10 Å². The molecule has 152 valence electrons. The minimum absolute atomic E-state index is 0.186. The van der Waals surface area contributed by atoms with Crippen LogP contribution in [0.25, 0.3) is 11.3 Å². The fourth-order valence-corrected chi connectivity index (χ4v) is 4.27. The van der Waals surface area contributed by atoms with Crippen LogP contribution in [0.4, 0.5) is 5.82 Å². The van der Waals surface area contributed by atoms with Crippen molar-refractivity contribution in [1.29, 1.82) is 0 Å². The minimum atomic E-state index is 0.186. The first-order valence-corrected chi connectivity index (χ1v) is 10.1. The van der Waals surface area contributed by atoms with Crippen LogP contribution in [-0.2, 0) is 4.79 Å². The molecule has 0 aliphatic carbocycles. The number of aldehydes is 1. The molecule has 0 saturated carbocycles. The smallest absolute Gasteiger partial charge is 0.209 e. The Labute approximate surface area is 174 Å². The Balaban J connectivity index is 1.43. The van der Waals surface area contributed by atoms with Crippen LogP contribution < -0.4 is 10.1 Å². The summed E-state index contributed by atoms with van der Waals surface area (Å²) in [5.74, 6) is 2.63. The van der Waals surface area contributed by atoms with E-state index >= 15 is 0 Å². The number of hydrogen-bond acceptors (Lipinski definition) is 5. The lowest BCUT2D eigenvalue weighted by Gasteiger charge is -2.43. The first-order chi connectivity index (χ1) is 14.8. The number of hydrogen-bond donors (Lipinski definition) is 1. The normalized spacial score (nSPS) is 18.1. The molecule has 1 fully saturated rings. The number of anilines is 1. The van der Waals surface area contributed by atoms with Gasteiger partial charge in [-0.3, -0.25) is 9.59 Å². The molecule has 2 aromatic carbocycles. The molecule has 1 atom stereocenters. The quantitative estimate of drug-likeness (QED) is 0.638. The molecule has 0 spiro atoms. The molecule has 7 heteroatoms. The lowest BCUT2D eigenvalue weighted by Crippen LogP contribution is -2.50. The first-order valence-electron chi connectivity index (χ1n) is 10.1. The zero-order valence-corrected chi connectivity index (χ0v) is 16.4. The third-order valence-electron chi connectivity index (χ3n) is 5.85. The Hall–Kier alpha value is -3.61. The maximum atomic E-state index is 11.9. The van der Waals surface area contributed by atoms with Gasteiger partial charge < -0.3 is 15.0 Å². The van der Waals surface area contributed by atoms with Crippen LogP contribution in [0.1, 0.15) is 22.8 Å². The number of benzene rings is 2. The Morgan fingerprint density at radius 2 is 1.73 bits per heavy atom. The van der Waals surface area contributed by atoms with Crippen molar-refractivity contribution in [3.05, 3.63) is 60.2 Å². The number of amides is 1. The number of fused-ring (bicyclic) bond motifs is 1. The highest BCUT2D eigenvalue weighted by molar-refractivity contribution is 5.92. The molecule has 1 aromatic heterocycles. The van der Waals surface area contributed by atoms with Crippen LogP contribution in [0.2, 0.25) is 0 Å². The maximum absolute atomic E-state index is 11.9. The molecule has 30 heavy (non-hydrogen) atoms. The van der Waals surface area contributed by atoms with Crippen molar-refractivity contribution in [1.82, 2.24) is 14.7 Å². The second kappa shape index (κ2) is 7.67. The van der Waals surface area contributed by atoms with Gasteiger partial charge in [0.15, 0.2) is 6.29 Å². The summed E-state index contributed by atoms with van der Waals surface area (Å²) in [6, 6.07) is 17.4. The van der Waals surface area contributed by atoms with E-state index < -0.39 is 0 Å². The summed E-state index contributed by atoms with van der Waals surface area (Å²) < 4.78 is 7.81. The molecule has 5 rings (SSSR count). The van der Waals surface area contributed by atoms with Crippen molar-refractivity contribution in [2.75, 3.05) is 25.0 Å². The summed E-state index contributed by atoms with van der Waals surface area (Å²) in [6.45, 7) is 2.27. The Morgan fingerprint density at radius 1 is 1.00 bits per heavy atom. The van der Waals surface area contributed by atoms with E-state index in [0.717, 1.165) is 61.6 Å². The number of ether oxygens (including phenoxy) is 1. The molecule has 3 aromatic rings. The molecular weight excluding hydrogens is 380 g/mol. The van der Waals surface area contributed by atoms with E-state index in [9.17, 15) is 9.59 Å². The number of nitrogens with zero attached hydrogens (tertiary/aromatic N) is 3. The van der Waals surface area contributed by atoms with Crippen LogP contribution in [-0.4, -0.2) is 47.0 Å². The minimum Gasteiger partial charge on any atom is -0.457 e. The molecule has 1 amide bonds. The predicted octanol–water partition coefficient (Wildman–Crippen LogP) is 3.60. The van der Waals surface area contributed by atoms with Gasteiger partial charge in [0.1, 0.15) is 23.0 Å². The van der Waals surface area contributed by atoms with E-state index in [0.29, 0.717) is 17.2 Å². The van der Waals surface area contributed by atoms with Gasteiger partial charge >= 0.3 is 0 Å². The first kappa shape index (κ1) is 18.4. The fourth-order valence-electron chi connectivity index (χ4n) is 4.27. The highest BCUT2D eigenvalue weighted by Gasteiger charge is 2.38. The number of nitrogens with one attached hydrogen (secondary N) is 1. The molecule has 7 nitrogen and oxygen atoms in total. The number of para-hydroxylation sites is 1. The zero-order chi connectivity index (χ0) is 20.5. The molecule has 3 heterocycles. The number of carbonyl (C=O) groups is 2. The molecule has 0 radical (unpaired) electrons. The highest BCUT2D eigenvalue weighted by Crippen LogP contribution is 2.39. The fraction of sp³-hybridized carbons (Fsp3) is 0.261. The van der Waals surface area contributed by atoms with Crippen molar-refractivity contribution in [3.8, 4) is 22.8 Å². The van der Waals surface area contributed by atoms with E-state index in [2.05, 4.69) is 5.32 Å². The molecule has 1 saturated heterocycles. The molecule has 0 bridgehead atoms. The summed E-state index contributed by atoms with van der Waals surface area (Å²) in [5, 5.41) is 8.15. The predicted molar refractivity (Wildman–Crippen MR) is 113 cm³/mol. The van der Waals surface area contributed by atoms with Gasteiger partial charge in [0.25, 0.3) is 0 Å². The maximum Gasteiger partial charge on any atom is 0.209 e. The van der Waals surface area contributed by atoms with Gasteiger partial charge in [0, 0.05) is 31.1 Å². The SMILES string of the molecule is O=Cc1c(-c2ccc(Oc3ccccc3)cc2)nn2c1NCCC2C1CN(C=O)C1. The van der Waals surface area contributed by atoms with E-state index in [1.165, 1.54) is 0 Å². The van der Waals surface area contributed by atoms with Gasteiger partial charge in [0.05, 0.1) is 11.6 Å². The van der Waals surface area contributed by atoms with E-state index in [-0.39, 0.29) is 6.04 Å². The summed E-state index contributed by atoms with van der Waals surface area (Å²) in [6.07, 6.45) is 2.69. The van der Waals surface area contributed by atoms with E-state index in [1.54, 1.807) is 4.90 Å². The topological polar surface area (TPSA) is 76.5 Å². The highest BCUT2D eigenvalue weighted by atomic mass is 16.5. The van der Waals surface area contributed by atoms with Crippen LogP contribution in [0, 0.1) is 5.92 Å². The number of carbonyl (C=O) groups excluding carboxylic acids is 2. The van der Waals surface area contributed by atoms with Crippen molar-refractivity contribution in [2.45, 2.75) is 12.5 Å². The number of aromatic nitrogens is 2. The third kappa shape index (κ3) is 3.22. The van der Waals surface area contributed by atoms with Crippen LogP contribution in [0.15, 0.2) is 54.6 Å². The monoisotopic (exact) mass is 402 g/mol. The average molecular weight is 402 g/mol.